The summed E-state index contributed by atoms with van der Waals surface area (Å²) in [6.45, 7) is 2.29. The summed E-state index contributed by atoms with van der Waals surface area (Å²) in [5.41, 5.74) is -0.703. The van der Waals surface area contributed by atoms with Gasteiger partial charge in [-0.2, -0.15) is 0 Å². The molecule has 0 amide bonds. The molecule has 4 rings (SSSR count). The molecule has 10 atom stereocenters. The number of thioether (sulfide) groups is 1. The molecule has 3 fully saturated rings. The lowest BCUT2D eigenvalue weighted by atomic mass is 9.77. The zero-order chi connectivity index (χ0) is 24.7. The number of nitrogens with one attached hydrogen (secondary N) is 3. The maximum absolute atomic E-state index is 11.7. The molecule has 1 aliphatic carbocycles. The Morgan fingerprint density at radius 2 is 1.68 bits per heavy atom. The molecule has 10 nitrogen and oxygen atoms in total. The van der Waals surface area contributed by atoms with Crippen molar-refractivity contribution in [2.75, 3.05) is 26.9 Å². The zero-order valence-corrected chi connectivity index (χ0v) is 20.8. The first-order chi connectivity index (χ1) is 16.2. The molecular weight excluding hydrogens is 462 g/mol. The molecule has 0 bridgehead atoms. The van der Waals surface area contributed by atoms with E-state index in [0.29, 0.717) is 6.54 Å². The fourth-order valence-corrected chi connectivity index (χ4v) is 5.79. The Kier molecular flexibility index (Phi) is 7.92. The van der Waals surface area contributed by atoms with Gasteiger partial charge in [-0.15, -0.1) is 11.8 Å². The predicted octanol–water partition coefficient (Wildman–Crippen LogP) is -1.25. The summed E-state index contributed by atoms with van der Waals surface area (Å²) < 4.78 is 18.0. The summed E-state index contributed by atoms with van der Waals surface area (Å²) in [5, 5.41) is 54.1. The van der Waals surface area contributed by atoms with Crippen molar-refractivity contribution in [1.29, 1.82) is 0 Å². The third-order valence-electron chi connectivity index (χ3n) is 7.25. The minimum atomic E-state index is -2.21. The van der Waals surface area contributed by atoms with Crippen molar-refractivity contribution in [1.82, 2.24) is 16.0 Å². The van der Waals surface area contributed by atoms with Crippen molar-refractivity contribution >= 4 is 11.8 Å². The van der Waals surface area contributed by atoms with Gasteiger partial charge in [-0.3, -0.25) is 0 Å². The number of aliphatic hydroxyl groups excluding tert-OH is 2. The summed E-state index contributed by atoms with van der Waals surface area (Å²) in [6.07, 6.45) is -3.57. The number of likely N-dealkylation sites (N-methyl/N-ethyl adjacent to an activating group) is 2. The highest BCUT2D eigenvalue weighted by Gasteiger charge is 2.68. The molecule has 2 saturated heterocycles. The van der Waals surface area contributed by atoms with Gasteiger partial charge in [0.2, 0.25) is 12.1 Å². The molecule has 1 saturated carbocycles. The van der Waals surface area contributed by atoms with Gasteiger partial charge in [-0.25, -0.2) is 0 Å². The predicted molar refractivity (Wildman–Crippen MR) is 126 cm³/mol. The van der Waals surface area contributed by atoms with Gasteiger partial charge in [-0.05, 0) is 45.0 Å². The van der Waals surface area contributed by atoms with Crippen molar-refractivity contribution in [2.45, 2.75) is 85.1 Å². The normalized spacial score (nSPS) is 44.4. The maximum atomic E-state index is 11.7. The summed E-state index contributed by atoms with van der Waals surface area (Å²) in [6, 6.07) is 6.75. The number of rotatable bonds is 7. The average Bonchev–Trinajstić information content (AvgIpc) is 2.80. The van der Waals surface area contributed by atoms with E-state index in [4.69, 9.17) is 14.2 Å². The van der Waals surface area contributed by atoms with E-state index in [2.05, 4.69) is 16.0 Å². The van der Waals surface area contributed by atoms with E-state index in [1.807, 2.05) is 30.5 Å². The number of benzene rings is 1. The van der Waals surface area contributed by atoms with E-state index >= 15 is 0 Å². The van der Waals surface area contributed by atoms with Crippen LogP contribution in [-0.4, -0.2) is 108 Å². The lowest BCUT2D eigenvalue weighted by Crippen LogP contribution is -2.81. The minimum absolute atomic E-state index is 0.0210. The smallest absolute Gasteiger partial charge is 0.249 e. The second kappa shape index (κ2) is 10.3. The highest BCUT2D eigenvalue weighted by molar-refractivity contribution is 7.98. The van der Waals surface area contributed by atoms with E-state index in [9.17, 15) is 20.4 Å². The van der Waals surface area contributed by atoms with Crippen molar-refractivity contribution in [3.8, 4) is 0 Å². The van der Waals surface area contributed by atoms with Crippen molar-refractivity contribution in [3.05, 3.63) is 29.8 Å². The third-order valence-corrected chi connectivity index (χ3v) is 8.00. The second-order valence-corrected chi connectivity index (χ2v) is 10.3. The molecule has 34 heavy (non-hydrogen) atoms. The van der Waals surface area contributed by atoms with Crippen molar-refractivity contribution in [2.24, 2.45) is 0 Å². The van der Waals surface area contributed by atoms with Gasteiger partial charge in [0.05, 0.1) is 24.3 Å². The van der Waals surface area contributed by atoms with Crippen LogP contribution in [0, 0.1) is 0 Å². The molecule has 7 N–H and O–H groups in total. The van der Waals surface area contributed by atoms with Crippen molar-refractivity contribution in [3.63, 3.8) is 0 Å². The Labute approximate surface area is 204 Å². The molecule has 0 aromatic heterocycles. The number of fused-ring (bicyclic) bond motifs is 2. The van der Waals surface area contributed by atoms with Gasteiger partial charge < -0.3 is 50.6 Å². The van der Waals surface area contributed by atoms with Crippen LogP contribution in [0.25, 0.3) is 0 Å². The molecule has 11 heteroatoms. The number of ether oxygens (including phenoxy) is 3. The first-order valence-electron chi connectivity index (χ1n) is 11.6. The Balaban J connectivity index is 1.54. The first-order valence-corrected chi connectivity index (χ1v) is 12.9. The van der Waals surface area contributed by atoms with Crippen LogP contribution in [0.4, 0.5) is 0 Å². The minimum Gasteiger partial charge on any atom is -0.390 e. The summed E-state index contributed by atoms with van der Waals surface area (Å²) in [7, 11) is 3.30. The monoisotopic (exact) mass is 499 g/mol. The Morgan fingerprint density at radius 1 is 1.00 bits per heavy atom. The van der Waals surface area contributed by atoms with Gasteiger partial charge >= 0.3 is 0 Å². The van der Waals surface area contributed by atoms with Gasteiger partial charge in [0.1, 0.15) is 23.9 Å². The van der Waals surface area contributed by atoms with Crippen molar-refractivity contribution < 1.29 is 34.6 Å². The third kappa shape index (κ3) is 4.53. The van der Waals surface area contributed by atoms with Crippen LogP contribution in [0.2, 0.25) is 0 Å². The number of hydrogen-bond acceptors (Lipinski definition) is 11. The van der Waals surface area contributed by atoms with Crippen LogP contribution in [-0.2, 0) is 20.8 Å². The van der Waals surface area contributed by atoms with E-state index < -0.39 is 60.3 Å². The molecule has 1 aromatic carbocycles. The Bertz CT molecular complexity index is 835. The number of aliphatic hydroxyl groups is 4. The largest absolute Gasteiger partial charge is 0.390 e. The zero-order valence-electron chi connectivity index (χ0n) is 20.0. The average molecular weight is 500 g/mol. The van der Waals surface area contributed by atoms with Crippen LogP contribution in [0.1, 0.15) is 18.9 Å². The fraction of sp³-hybridized carbons (Fsp3) is 0.739. The van der Waals surface area contributed by atoms with Crippen LogP contribution < -0.4 is 16.0 Å². The standard InChI is InChI=1S/C23H37N3O7S/c1-12-9-22(29,11-26-10-13-5-7-14(34-4)8-6-13)23(30)21(31-12)32-20-18(28)15(24-2)17(27)16(25-3)19(20)33-23/h5-8,12,15-21,24-30H,9-11H2,1-4H3/t12-,15-,16+,17+,18+,19-,20-,21+,22-,23-/m1/s1. The highest BCUT2D eigenvalue weighted by atomic mass is 32.2. The van der Waals surface area contributed by atoms with E-state index in [-0.39, 0.29) is 13.0 Å². The molecule has 0 unspecified atom stereocenters. The summed E-state index contributed by atoms with van der Waals surface area (Å²) >= 11 is 1.67. The van der Waals surface area contributed by atoms with E-state index in [0.717, 1.165) is 10.5 Å². The molecule has 192 valence electrons. The second-order valence-electron chi connectivity index (χ2n) is 9.46. The van der Waals surface area contributed by atoms with E-state index in [1.165, 1.54) is 0 Å². The van der Waals surface area contributed by atoms with Gasteiger partial charge in [0.15, 0.2) is 0 Å². The lowest BCUT2D eigenvalue weighted by molar-refractivity contribution is -0.482. The first kappa shape index (κ1) is 26.2. The van der Waals surface area contributed by atoms with Crippen LogP contribution in [0.15, 0.2) is 29.2 Å². The fourth-order valence-electron chi connectivity index (χ4n) is 5.39. The van der Waals surface area contributed by atoms with Gasteiger partial charge in [0.25, 0.3) is 0 Å². The SMILES string of the molecule is CN[C@@H]1[C@H](O)[C@H](NC)[C@H]2O[C@]3(O)[C@H](O[C@@H]2[C@H]1O)O[C@H](C)C[C@@]3(O)CNCc1ccc(SC)cc1. The number of hydrogen-bond donors (Lipinski definition) is 7. The van der Waals surface area contributed by atoms with Crippen LogP contribution in [0.3, 0.4) is 0 Å². The quantitative estimate of drug-likeness (QED) is 0.226. The van der Waals surface area contributed by atoms with Crippen LogP contribution >= 0.6 is 11.8 Å². The van der Waals surface area contributed by atoms with E-state index in [1.54, 1.807) is 32.8 Å². The molecule has 0 spiro atoms. The molecule has 3 aliphatic rings. The molecule has 2 aliphatic heterocycles. The Morgan fingerprint density at radius 3 is 2.29 bits per heavy atom. The molecule has 2 heterocycles. The Hall–Kier alpha value is -0.830. The summed E-state index contributed by atoms with van der Waals surface area (Å²) in [4.78, 5) is 1.16. The lowest BCUT2D eigenvalue weighted by Gasteiger charge is -2.60. The molecule has 1 aromatic rings. The maximum Gasteiger partial charge on any atom is 0.249 e. The molecule has 0 radical (unpaired) electrons. The van der Waals surface area contributed by atoms with Crippen LogP contribution in [0.5, 0.6) is 0 Å². The molecular formula is C23H37N3O7S. The topological polar surface area (TPSA) is 145 Å². The van der Waals surface area contributed by atoms with Gasteiger partial charge in [0, 0.05) is 24.4 Å². The van der Waals surface area contributed by atoms with Gasteiger partial charge in [-0.1, -0.05) is 12.1 Å². The summed E-state index contributed by atoms with van der Waals surface area (Å²) in [5.74, 6) is -2.21. The highest BCUT2D eigenvalue weighted by Crippen LogP contribution is 2.46.